The highest BCUT2D eigenvalue weighted by Gasteiger charge is 2.41. The Morgan fingerprint density at radius 3 is 2.33 bits per heavy atom. The van der Waals surface area contributed by atoms with Gasteiger partial charge in [-0.15, -0.1) is 0 Å². The van der Waals surface area contributed by atoms with E-state index in [4.69, 9.17) is 0 Å². The second kappa shape index (κ2) is 3.82. The molecule has 1 aliphatic carbocycles. The third-order valence-corrected chi connectivity index (χ3v) is 5.62. The zero-order valence-electron chi connectivity index (χ0n) is 5.56. The first-order valence-electron chi connectivity index (χ1n) is 2.89. The van der Waals surface area contributed by atoms with Gasteiger partial charge in [0.25, 0.3) is 0 Å². The maximum absolute atomic E-state index is 9.71. The Morgan fingerprint density at radius 2 is 1.83 bits per heavy atom. The monoisotopic (exact) mass is 424 g/mol. The first-order valence-corrected chi connectivity index (χ1v) is 6.06. The molecule has 0 aromatic rings. The molecule has 1 aliphatic rings. The molecule has 2 unspecified atom stereocenters. The van der Waals surface area contributed by atoms with Gasteiger partial charge in [0.2, 0.25) is 0 Å². The van der Waals surface area contributed by atoms with Crippen LogP contribution >= 0.6 is 63.7 Å². The van der Waals surface area contributed by atoms with Crippen molar-refractivity contribution < 1.29 is 10.2 Å². The molecule has 0 amide bonds. The van der Waals surface area contributed by atoms with E-state index < -0.39 is 10.6 Å². The lowest BCUT2D eigenvalue weighted by atomic mass is 10.1. The van der Waals surface area contributed by atoms with Crippen molar-refractivity contribution in [1.29, 1.82) is 0 Å². The fourth-order valence-corrected chi connectivity index (χ4v) is 3.51. The van der Waals surface area contributed by atoms with Crippen LogP contribution in [0.3, 0.4) is 0 Å². The van der Waals surface area contributed by atoms with E-state index in [-0.39, 0.29) is 0 Å². The predicted octanol–water partition coefficient (Wildman–Crippen LogP) is 2.72. The minimum absolute atomic E-state index is 0.464. The van der Waals surface area contributed by atoms with Gasteiger partial charge in [0.1, 0.15) is 6.10 Å². The molecule has 2 nitrogen and oxygen atoms in total. The van der Waals surface area contributed by atoms with Crippen LogP contribution in [0.2, 0.25) is 0 Å². The predicted molar refractivity (Wildman–Crippen MR) is 61.8 cm³/mol. The topological polar surface area (TPSA) is 40.5 Å². The van der Waals surface area contributed by atoms with Gasteiger partial charge >= 0.3 is 0 Å². The molecule has 2 N–H and O–H groups in total. The molecule has 2 atom stereocenters. The van der Waals surface area contributed by atoms with Gasteiger partial charge in [-0.25, -0.2) is 0 Å². The Kier molecular flexibility index (Phi) is 3.63. The summed E-state index contributed by atoms with van der Waals surface area (Å²) in [5, 5.41) is 19.2. The number of alkyl halides is 1. The minimum Gasteiger partial charge on any atom is -0.383 e. The van der Waals surface area contributed by atoms with E-state index in [1.807, 2.05) is 0 Å². The van der Waals surface area contributed by atoms with E-state index in [1.165, 1.54) is 0 Å². The van der Waals surface area contributed by atoms with Gasteiger partial charge in [0.15, 0.2) is 4.51 Å². The molecular weight excluding hydrogens is 424 g/mol. The molecule has 0 radical (unpaired) electrons. The number of hydrogen-bond donors (Lipinski definition) is 2. The summed E-state index contributed by atoms with van der Waals surface area (Å²) >= 11 is 12.5. The fraction of sp³-hybridized carbons (Fsp3) is 0.333. The number of allylic oxidation sites excluding steroid dienone is 2. The van der Waals surface area contributed by atoms with Crippen molar-refractivity contribution >= 4 is 63.7 Å². The van der Waals surface area contributed by atoms with E-state index in [0.29, 0.717) is 13.4 Å². The van der Waals surface area contributed by atoms with Crippen molar-refractivity contribution in [2.45, 2.75) is 10.6 Å². The van der Waals surface area contributed by atoms with Crippen LogP contribution in [0.5, 0.6) is 0 Å². The standard InChI is InChI=1S/C6H4Br4O2/c7-2-1-3(8)5(11)6(10,12)4(2)9/h1,5,11-12H. The van der Waals surface area contributed by atoms with Crippen molar-refractivity contribution in [2.24, 2.45) is 0 Å². The van der Waals surface area contributed by atoms with E-state index >= 15 is 0 Å². The third-order valence-electron chi connectivity index (χ3n) is 1.41. The van der Waals surface area contributed by atoms with E-state index in [0.717, 1.165) is 0 Å². The van der Waals surface area contributed by atoms with Crippen LogP contribution in [-0.4, -0.2) is 20.8 Å². The smallest absolute Gasteiger partial charge is 0.183 e. The van der Waals surface area contributed by atoms with Crippen LogP contribution in [-0.2, 0) is 0 Å². The zero-order chi connectivity index (χ0) is 9.52. The average molecular weight is 428 g/mol. The lowest BCUT2D eigenvalue weighted by Gasteiger charge is -2.30. The van der Waals surface area contributed by atoms with Crippen LogP contribution in [0.4, 0.5) is 0 Å². The first-order chi connectivity index (χ1) is 5.37. The van der Waals surface area contributed by atoms with Crippen LogP contribution < -0.4 is 0 Å². The summed E-state index contributed by atoms with van der Waals surface area (Å²) < 4.78 is 0.195. The van der Waals surface area contributed by atoms with Gasteiger partial charge in [-0.2, -0.15) is 0 Å². The summed E-state index contributed by atoms with van der Waals surface area (Å²) in [5.74, 6) is 0. The molecule has 68 valence electrons. The summed E-state index contributed by atoms with van der Waals surface area (Å²) in [6.45, 7) is 0. The van der Waals surface area contributed by atoms with Crippen molar-refractivity contribution in [1.82, 2.24) is 0 Å². The van der Waals surface area contributed by atoms with Crippen LogP contribution in [0.1, 0.15) is 0 Å². The Labute approximate surface area is 103 Å². The first kappa shape index (κ1) is 11.4. The molecule has 0 heterocycles. The van der Waals surface area contributed by atoms with E-state index in [2.05, 4.69) is 63.7 Å². The maximum atomic E-state index is 9.71. The van der Waals surface area contributed by atoms with Gasteiger partial charge in [-0.1, -0.05) is 31.9 Å². The largest absolute Gasteiger partial charge is 0.383 e. The number of halogens is 4. The van der Waals surface area contributed by atoms with Gasteiger partial charge < -0.3 is 10.2 Å². The maximum Gasteiger partial charge on any atom is 0.183 e. The second-order valence-corrected chi connectivity index (χ2v) is 6.04. The number of rotatable bonds is 0. The van der Waals surface area contributed by atoms with Gasteiger partial charge in [0.05, 0.1) is 4.48 Å². The summed E-state index contributed by atoms with van der Waals surface area (Å²) in [5.41, 5.74) is 0. The van der Waals surface area contributed by atoms with E-state index in [1.54, 1.807) is 6.08 Å². The number of aliphatic hydroxyl groups is 2. The SMILES string of the molecule is OC1C(Br)=CC(Br)=C(Br)C1(O)Br. The molecule has 0 fully saturated rings. The lowest BCUT2D eigenvalue weighted by molar-refractivity contribution is 0.0551. The van der Waals surface area contributed by atoms with Gasteiger partial charge in [-0.05, 0) is 37.9 Å². The zero-order valence-corrected chi connectivity index (χ0v) is 11.9. The van der Waals surface area contributed by atoms with Crippen molar-refractivity contribution in [3.8, 4) is 0 Å². The molecule has 0 aliphatic heterocycles. The van der Waals surface area contributed by atoms with Crippen LogP contribution in [0, 0.1) is 0 Å². The summed E-state index contributed by atoms with van der Waals surface area (Å²) in [6, 6.07) is 0. The summed E-state index contributed by atoms with van der Waals surface area (Å²) in [6.07, 6.45) is 0.665. The van der Waals surface area contributed by atoms with Gasteiger partial charge in [0, 0.05) is 8.96 Å². The van der Waals surface area contributed by atoms with Crippen molar-refractivity contribution in [3.05, 3.63) is 19.5 Å². The van der Waals surface area contributed by atoms with Crippen molar-refractivity contribution in [2.75, 3.05) is 0 Å². The van der Waals surface area contributed by atoms with Gasteiger partial charge in [-0.3, -0.25) is 0 Å². The van der Waals surface area contributed by atoms with E-state index in [9.17, 15) is 10.2 Å². The molecule has 12 heavy (non-hydrogen) atoms. The molecule has 0 saturated heterocycles. The molecule has 6 heteroatoms. The molecule has 1 rings (SSSR count). The Balaban J connectivity index is 3.18. The Hall–Kier alpha value is 1.32. The molecule has 0 saturated carbocycles. The highest BCUT2D eigenvalue weighted by atomic mass is 79.9. The molecule has 0 bridgehead atoms. The molecular formula is C6H4Br4O2. The molecule has 0 aromatic carbocycles. The second-order valence-electron chi connectivity index (χ2n) is 2.27. The Bertz CT molecular complexity index is 269. The number of aliphatic hydroxyl groups excluding tert-OH is 1. The molecule has 0 spiro atoms. The van der Waals surface area contributed by atoms with Crippen LogP contribution in [0.25, 0.3) is 0 Å². The molecule has 0 aromatic heterocycles. The average Bonchev–Trinajstić information content (AvgIpc) is 1.99. The lowest BCUT2D eigenvalue weighted by Crippen LogP contribution is -2.38. The Morgan fingerprint density at radius 1 is 1.33 bits per heavy atom. The third kappa shape index (κ3) is 1.88. The highest BCUT2D eigenvalue weighted by Crippen LogP contribution is 2.44. The normalized spacial score (nSPS) is 36.8. The highest BCUT2D eigenvalue weighted by molar-refractivity contribution is 9.15. The summed E-state index contributed by atoms with van der Waals surface area (Å²) in [7, 11) is 0. The quantitative estimate of drug-likeness (QED) is 0.584. The minimum atomic E-state index is -1.46. The fourth-order valence-electron chi connectivity index (χ4n) is 0.734. The summed E-state index contributed by atoms with van der Waals surface area (Å²) in [4.78, 5) is 0. The van der Waals surface area contributed by atoms with Crippen LogP contribution in [0.15, 0.2) is 19.5 Å². The van der Waals surface area contributed by atoms with Crippen molar-refractivity contribution in [3.63, 3.8) is 0 Å². The number of hydrogen-bond acceptors (Lipinski definition) is 2.